The van der Waals surface area contributed by atoms with Crippen LogP contribution in [0.5, 0.6) is 0 Å². The van der Waals surface area contributed by atoms with E-state index in [4.69, 9.17) is 5.11 Å². The smallest absolute Gasteiger partial charge is 0.323 e. The quantitative estimate of drug-likeness (QED) is 0.513. The lowest BCUT2D eigenvalue weighted by Gasteiger charge is -2.24. The van der Waals surface area contributed by atoms with Crippen LogP contribution in [0.25, 0.3) is 0 Å². The van der Waals surface area contributed by atoms with Crippen LogP contribution in [0.4, 0.5) is 4.79 Å². The summed E-state index contributed by atoms with van der Waals surface area (Å²) in [4.78, 5) is 23.3. The van der Waals surface area contributed by atoms with Crippen molar-refractivity contribution in [2.24, 2.45) is 0 Å². The molecule has 0 heterocycles. The summed E-state index contributed by atoms with van der Waals surface area (Å²) in [7, 11) is 0. The maximum absolute atomic E-state index is 11.5. The predicted molar refractivity (Wildman–Crippen MR) is 57.7 cm³/mol. The maximum atomic E-state index is 11.5. The highest BCUT2D eigenvalue weighted by Crippen LogP contribution is 1.98. The van der Waals surface area contributed by atoms with Crippen molar-refractivity contribution in [1.82, 2.24) is 10.2 Å². The highest BCUT2D eigenvalue weighted by molar-refractivity contribution is 5.80. The summed E-state index contributed by atoms with van der Waals surface area (Å²) < 4.78 is 0. The first kappa shape index (κ1) is 13.5. The summed E-state index contributed by atoms with van der Waals surface area (Å²) in [6.45, 7) is 7.27. The number of hydrogen-bond acceptors (Lipinski definition) is 2. The summed E-state index contributed by atoms with van der Waals surface area (Å²) in [6.07, 6.45) is 2.36. The Labute approximate surface area is 89.8 Å². The Hall–Kier alpha value is -1.52. The molecule has 86 valence electrons. The molecule has 0 aliphatic heterocycles. The second-order valence-electron chi connectivity index (χ2n) is 3.42. The minimum absolute atomic E-state index is 0.134. The molecule has 15 heavy (non-hydrogen) atoms. The van der Waals surface area contributed by atoms with Gasteiger partial charge in [-0.2, -0.15) is 0 Å². The van der Waals surface area contributed by atoms with Gasteiger partial charge in [-0.3, -0.25) is 4.79 Å². The molecule has 0 aliphatic rings. The van der Waals surface area contributed by atoms with Gasteiger partial charge in [0, 0.05) is 12.6 Å². The molecule has 5 nitrogen and oxygen atoms in total. The lowest BCUT2D eigenvalue weighted by atomic mass is 10.3. The summed E-state index contributed by atoms with van der Waals surface area (Å²) in [5.41, 5.74) is 0. The Balaban J connectivity index is 4.16. The highest BCUT2D eigenvalue weighted by Gasteiger charge is 2.18. The molecule has 5 heteroatoms. The highest BCUT2D eigenvalue weighted by atomic mass is 16.4. The normalized spacial score (nSPS) is 9.80. The first-order valence-electron chi connectivity index (χ1n) is 4.86. The van der Waals surface area contributed by atoms with Crippen molar-refractivity contribution in [2.75, 3.05) is 13.1 Å². The largest absolute Gasteiger partial charge is 0.480 e. The Bertz CT molecular complexity index is 239. The molecule has 0 aromatic carbocycles. The molecule has 0 saturated carbocycles. The van der Waals surface area contributed by atoms with Gasteiger partial charge < -0.3 is 15.3 Å². The van der Waals surface area contributed by atoms with Crippen LogP contribution in [0.1, 0.15) is 20.3 Å². The van der Waals surface area contributed by atoms with Crippen LogP contribution in [-0.4, -0.2) is 41.1 Å². The van der Waals surface area contributed by atoms with Crippen LogP contribution in [0.2, 0.25) is 0 Å². The minimum Gasteiger partial charge on any atom is -0.480 e. The number of hydrogen-bond donors (Lipinski definition) is 2. The van der Waals surface area contributed by atoms with E-state index in [2.05, 4.69) is 11.9 Å². The van der Waals surface area contributed by atoms with Crippen LogP contribution < -0.4 is 5.32 Å². The molecule has 0 aliphatic carbocycles. The number of carbonyl (C=O) groups excluding carboxylic acids is 1. The zero-order chi connectivity index (χ0) is 11.8. The van der Waals surface area contributed by atoms with Crippen molar-refractivity contribution < 1.29 is 14.7 Å². The van der Waals surface area contributed by atoms with Gasteiger partial charge in [-0.15, -0.1) is 6.58 Å². The van der Waals surface area contributed by atoms with Gasteiger partial charge >= 0.3 is 12.0 Å². The lowest BCUT2D eigenvalue weighted by Crippen LogP contribution is -2.46. The molecule has 0 saturated heterocycles. The Kier molecular flexibility index (Phi) is 6.17. The molecule has 0 aromatic rings. The number of carboxylic acids is 1. The van der Waals surface area contributed by atoms with Crippen LogP contribution in [0.15, 0.2) is 12.7 Å². The SMILES string of the molecule is C=CCCNC(=O)N(CC(=O)O)C(C)C. The van der Waals surface area contributed by atoms with E-state index in [9.17, 15) is 9.59 Å². The molecular formula is C10H18N2O3. The average molecular weight is 214 g/mol. The fourth-order valence-electron chi connectivity index (χ4n) is 1.02. The Morgan fingerprint density at radius 3 is 2.53 bits per heavy atom. The third-order valence-electron chi connectivity index (χ3n) is 1.81. The summed E-state index contributed by atoms with van der Waals surface area (Å²) in [5, 5.41) is 11.2. The van der Waals surface area contributed by atoms with Crippen LogP contribution >= 0.6 is 0 Å². The number of amides is 2. The van der Waals surface area contributed by atoms with Crippen molar-refractivity contribution in [1.29, 1.82) is 0 Å². The predicted octanol–water partition coefficient (Wildman–Crippen LogP) is 1.07. The number of rotatable bonds is 6. The summed E-state index contributed by atoms with van der Waals surface area (Å²) in [6, 6.07) is -0.487. The number of carboxylic acid groups (broad SMARTS) is 1. The zero-order valence-corrected chi connectivity index (χ0v) is 9.19. The van der Waals surface area contributed by atoms with E-state index < -0.39 is 5.97 Å². The molecule has 2 amide bonds. The van der Waals surface area contributed by atoms with E-state index in [1.807, 2.05) is 0 Å². The van der Waals surface area contributed by atoms with Gasteiger partial charge in [0.15, 0.2) is 0 Å². The van der Waals surface area contributed by atoms with Crippen LogP contribution in [-0.2, 0) is 4.79 Å². The molecule has 2 N–H and O–H groups in total. The van der Waals surface area contributed by atoms with Gasteiger partial charge in [0.1, 0.15) is 6.54 Å². The van der Waals surface area contributed by atoms with Gasteiger partial charge in [0.2, 0.25) is 0 Å². The summed E-state index contributed by atoms with van der Waals surface area (Å²) >= 11 is 0. The molecule has 0 spiro atoms. The van der Waals surface area contributed by atoms with E-state index in [0.717, 1.165) is 0 Å². The molecular weight excluding hydrogens is 196 g/mol. The third-order valence-corrected chi connectivity index (χ3v) is 1.81. The van der Waals surface area contributed by atoms with Gasteiger partial charge in [0.25, 0.3) is 0 Å². The van der Waals surface area contributed by atoms with E-state index >= 15 is 0 Å². The van der Waals surface area contributed by atoms with Gasteiger partial charge in [-0.25, -0.2) is 4.79 Å². The van der Waals surface area contributed by atoms with Gasteiger partial charge in [-0.05, 0) is 20.3 Å². The van der Waals surface area contributed by atoms with Crippen molar-refractivity contribution in [2.45, 2.75) is 26.3 Å². The van der Waals surface area contributed by atoms with Crippen molar-refractivity contribution in [3.05, 3.63) is 12.7 Å². The summed E-state index contributed by atoms with van der Waals surface area (Å²) in [5.74, 6) is -1.01. The third kappa shape index (κ3) is 5.72. The van der Waals surface area contributed by atoms with Crippen LogP contribution in [0.3, 0.4) is 0 Å². The first-order chi connectivity index (χ1) is 6.99. The lowest BCUT2D eigenvalue weighted by molar-refractivity contribution is -0.138. The van der Waals surface area contributed by atoms with E-state index in [1.54, 1.807) is 19.9 Å². The van der Waals surface area contributed by atoms with Gasteiger partial charge in [-0.1, -0.05) is 6.08 Å². The maximum Gasteiger partial charge on any atom is 0.323 e. The fraction of sp³-hybridized carbons (Fsp3) is 0.600. The molecule has 0 bridgehead atoms. The topological polar surface area (TPSA) is 69.6 Å². The molecule has 0 aromatic heterocycles. The second kappa shape index (κ2) is 6.86. The van der Waals surface area contributed by atoms with E-state index in [0.29, 0.717) is 13.0 Å². The van der Waals surface area contributed by atoms with Crippen LogP contribution in [0, 0.1) is 0 Å². The Morgan fingerprint density at radius 1 is 1.53 bits per heavy atom. The fourth-order valence-corrected chi connectivity index (χ4v) is 1.02. The molecule has 0 rings (SSSR count). The number of aliphatic carboxylic acids is 1. The first-order valence-corrected chi connectivity index (χ1v) is 4.86. The number of carbonyl (C=O) groups is 2. The zero-order valence-electron chi connectivity index (χ0n) is 9.19. The van der Waals surface area contributed by atoms with E-state index in [1.165, 1.54) is 4.90 Å². The molecule has 0 radical (unpaired) electrons. The van der Waals surface area contributed by atoms with E-state index in [-0.39, 0.29) is 18.6 Å². The standard InChI is InChI=1S/C10H18N2O3/c1-4-5-6-11-10(15)12(8(2)3)7-9(13)14/h4,8H,1,5-7H2,2-3H3,(H,11,15)(H,13,14). The van der Waals surface area contributed by atoms with Crippen molar-refractivity contribution in [3.63, 3.8) is 0 Å². The van der Waals surface area contributed by atoms with Crippen molar-refractivity contribution >= 4 is 12.0 Å². The number of urea groups is 1. The van der Waals surface area contributed by atoms with Crippen molar-refractivity contribution in [3.8, 4) is 0 Å². The Morgan fingerprint density at radius 2 is 2.13 bits per heavy atom. The molecule has 0 unspecified atom stereocenters. The number of nitrogens with zero attached hydrogens (tertiary/aromatic N) is 1. The molecule has 0 fully saturated rings. The number of nitrogens with one attached hydrogen (secondary N) is 1. The monoisotopic (exact) mass is 214 g/mol. The molecule has 0 atom stereocenters. The average Bonchev–Trinajstić information content (AvgIpc) is 2.13. The second-order valence-corrected chi connectivity index (χ2v) is 3.42. The van der Waals surface area contributed by atoms with Gasteiger partial charge in [0.05, 0.1) is 0 Å². The minimum atomic E-state index is -1.01.